The second kappa shape index (κ2) is 5.57. The molecule has 25 heavy (non-hydrogen) atoms. The highest BCUT2D eigenvalue weighted by Crippen LogP contribution is 2.38. The first-order chi connectivity index (χ1) is 11.6. The molecule has 2 aromatic rings. The van der Waals surface area contributed by atoms with Crippen LogP contribution in [0.15, 0.2) is 24.3 Å². The summed E-state index contributed by atoms with van der Waals surface area (Å²) < 4.78 is 40.1. The zero-order valence-corrected chi connectivity index (χ0v) is 13.9. The molecule has 0 aromatic heterocycles. The number of hydrogen-bond donors (Lipinski definition) is 2. The lowest BCUT2D eigenvalue weighted by Gasteiger charge is -2.20. The van der Waals surface area contributed by atoms with E-state index in [0.29, 0.717) is 0 Å². The van der Waals surface area contributed by atoms with Gasteiger partial charge in [-0.25, -0.2) is 0 Å². The molecule has 0 atom stereocenters. The van der Waals surface area contributed by atoms with Crippen molar-refractivity contribution < 1.29 is 36.6 Å². The van der Waals surface area contributed by atoms with Gasteiger partial charge >= 0.3 is 10.4 Å². The molecule has 130 valence electrons. The fourth-order valence-electron chi connectivity index (χ4n) is 2.68. The summed E-state index contributed by atoms with van der Waals surface area (Å²) in [6, 6.07) is 4.87. The topological polar surface area (TPSA) is 127 Å². The minimum Gasteiger partial charge on any atom is -0.507 e. The molecule has 2 N–H and O–H groups in total. The van der Waals surface area contributed by atoms with Crippen LogP contribution in [0.5, 0.6) is 17.2 Å². The van der Waals surface area contributed by atoms with Gasteiger partial charge in [0.25, 0.3) is 0 Å². The van der Waals surface area contributed by atoms with Crippen LogP contribution in [0.1, 0.15) is 37.4 Å². The SMILES string of the molecule is COc1cc(O)c2c(c1)C(=O)c1cc(C)c(OS(=O)(=O)O)cc1C2=O. The third kappa shape index (κ3) is 2.83. The van der Waals surface area contributed by atoms with E-state index in [1.807, 2.05) is 0 Å². The molecule has 1 aliphatic rings. The van der Waals surface area contributed by atoms with Crippen LogP contribution in [0.3, 0.4) is 0 Å². The number of ketones is 2. The predicted molar refractivity (Wildman–Crippen MR) is 84.9 cm³/mol. The maximum atomic E-state index is 12.7. The van der Waals surface area contributed by atoms with Gasteiger partial charge in [-0.2, -0.15) is 8.42 Å². The van der Waals surface area contributed by atoms with Gasteiger partial charge in [-0.05, 0) is 30.7 Å². The Labute approximate surface area is 142 Å². The number of phenols is 1. The van der Waals surface area contributed by atoms with Gasteiger partial charge < -0.3 is 14.0 Å². The van der Waals surface area contributed by atoms with Crippen molar-refractivity contribution >= 4 is 22.0 Å². The molecule has 0 unspecified atom stereocenters. The monoisotopic (exact) mass is 364 g/mol. The summed E-state index contributed by atoms with van der Waals surface area (Å²) in [4.78, 5) is 25.4. The number of hydrogen-bond acceptors (Lipinski definition) is 7. The first kappa shape index (κ1) is 16.9. The van der Waals surface area contributed by atoms with Gasteiger partial charge in [0.05, 0.1) is 12.7 Å². The number of methoxy groups -OCH3 is 1. The fraction of sp³-hybridized carbons (Fsp3) is 0.125. The van der Waals surface area contributed by atoms with E-state index in [9.17, 15) is 23.1 Å². The summed E-state index contributed by atoms with van der Waals surface area (Å²) in [6.45, 7) is 1.46. The normalized spacial score (nSPS) is 13.2. The Morgan fingerprint density at radius 1 is 0.960 bits per heavy atom. The molecule has 0 amide bonds. The number of aromatic hydroxyl groups is 1. The van der Waals surface area contributed by atoms with Crippen molar-refractivity contribution in [3.05, 3.63) is 52.1 Å². The lowest BCUT2D eigenvalue weighted by Crippen LogP contribution is -2.22. The molecule has 2 aromatic carbocycles. The summed E-state index contributed by atoms with van der Waals surface area (Å²) in [6.07, 6.45) is 0. The molecule has 8 nitrogen and oxygen atoms in total. The molecule has 0 radical (unpaired) electrons. The van der Waals surface area contributed by atoms with Crippen LogP contribution >= 0.6 is 0 Å². The Hall–Kier alpha value is -2.91. The maximum absolute atomic E-state index is 12.7. The van der Waals surface area contributed by atoms with Crippen molar-refractivity contribution in [1.82, 2.24) is 0 Å². The number of benzene rings is 2. The van der Waals surface area contributed by atoms with Crippen molar-refractivity contribution in [3.8, 4) is 17.2 Å². The van der Waals surface area contributed by atoms with E-state index in [0.717, 1.165) is 6.07 Å². The van der Waals surface area contributed by atoms with E-state index in [4.69, 9.17) is 9.29 Å². The van der Waals surface area contributed by atoms with Gasteiger partial charge in [0, 0.05) is 22.8 Å². The molecule has 0 spiro atoms. The Kier molecular flexibility index (Phi) is 3.77. The molecular weight excluding hydrogens is 352 g/mol. The number of ether oxygens (including phenoxy) is 1. The number of carbonyl (C=O) groups excluding carboxylic acids is 2. The predicted octanol–water partition coefficient (Wildman–Crippen LogP) is 1.67. The van der Waals surface area contributed by atoms with Crippen LogP contribution in [0.25, 0.3) is 0 Å². The Bertz CT molecular complexity index is 1040. The van der Waals surface area contributed by atoms with Crippen molar-refractivity contribution in [1.29, 1.82) is 0 Å². The summed E-state index contributed by atoms with van der Waals surface area (Å²) in [5.41, 5.74) is -0.0993. The molecule has 9 heteroatoms. The molecule has 0 saturated carbocycles. The van der Waals surface area contributed by atoms with E-state index in [1.165, 1.54) is 32.2 Å². The number of rotatable bonds is 3. The third-order valence-electron chi connectivity index (χ3n) is 3.80. The molecule has 0 saturated heterocycles. The molecule has 0 bridgehead atoms. The third-order valence-corrected chi connectivity index (χ3v) is 4.19. The van der Waals surface area contributed by atoms with Crippen LogP contribution < -0.4 is 8.92 Å². The van der Waals surface area contributed by atoms with E-state index in [-0.39, 0.29) is 39.3 Å². The second-order valence-electron chi connectivity index (χ2n) is 5.40. The van der Waals surface area contributed by atoms with Crippen molar-refractivity contribution in [2.24, 2.45) is 0 Å². The number of fused-ring (bicyclic) bond motifs is 2. The summed E-state index contributed by atoms with van der Waals surface area (Å²) >= 11 is 0. The van der Waals surface area contributed by atoms with Crippen LogP contribution in [0.2, 0.25) is 0 Å². The summed E-state index contributed by atoms with van der Waals surface area (Å²) in [7, 11) is -3.44. The van der Waals surface area contributed by atoms with Crippen molar-refractivity contribution in [2.75, 3.05) is 7.11 Å². The lowest BCUT2D eigenvalue weighted by molar-refractivity contribution is 0.0976. The first-order valence-electron chi connectivity index (χ1n) is 6.94. The van der Waals surface area contributed by atoms with Gasteiger partial charge in [0.15, 0.2) is 11.6 Å². The lowest BCUT2D eigenvalue weighted by atomic mass is 9.82. The van der Waals surface area contributed by atoms with E-state index in [1.54, 1.807) is 0 Å². The molecular formula is C16H12O8S. The van der Waals surface area contributed by atoms with Crippen molar-refractivity contribution in [3.63, 3.8) is 0 Å². The largest absolute Gasteiger partial charge is 0.507 e. The van der Waals surface area contributed by atoms with E-state index >= 15 is 0 Å². The fourth-order valence-corrected chi connectivity index (χ4v) is 3.09. The molecule has 0 aliphatic heterocycles. The van der Waals surface area contributed by atoms with Gasteiger partial charge in [-0.15, -0.1) is 0 Å². The second-order valence-corrected chi connectivity index (χ2v) is 6.42. The average Bonchev–Trinajstić information content (AvgIpc) is 2.52. The van der Waals surface area contributed by atoms with Crippen LogP contribution in [0, 0.1) is 6.92 Å². The van der Waals surface area contributed by atoms with Gasteiger partial charge in [0.1, 0.15) is 17.2 Å². The zero-order chi connectivity index (χ0) is 18.5. The minimum atomic E-state index is -4.80. The zero-order valence-electron chi connectivity index (χ0n) is 13.1. The number of carbonyl (C=O) groups is 2. The highest BCUT2D eigenvalue weighted by atomic mass is 32.3. The van der Waals surface area contributed by atoms with E-state index in [2.05, 4.69) is 4.18 Å². The highest BCUT2D eigenvalue weighted by molar-refractivity contribution is 7.81. The van der Waals surface area contributed by atoms with E-state index < -0.39 is 27.7 Å². The molecule has 3 rings (SSSR count). The number of phenolic OH excluding ortho intramolecular Hbond substituents is 1. The Morgan fingerprint density at radius 3 is 2.20 bits per heavy atom. The quantitative estimate of drug-likeness (QED) is 0.672. The van der Waals surface area contributed by atoms with Crippen LogP contribution in [-0.2, 0) is 10.4 Å². The minimum absolute atomic E-state index is 0.0165. The van der Waals surface area contributed by atoms with Crippen molar-refractivity contribution in [2.45, 2.75) is 6.92 Å². The molecule has 1 aliphatic carbocycles. The van der Waals surface area contributed by atoms with Crippen LogP contribution in [0.4, 0.5) is 0 Å². The maximum Gasteiger partial charge on any atom is 0.446 e. The summed E-state index contributed by atoms with van der Waals surface area (Å²) in [5.74, 6) is -1.72. The Morgan fingerprint density at radius 2 is 1.60 bits per heavy atom. The highest BCUT2D eigenvalue weighted by Gasteiger charge is 2.34. The first-order valence-corrected chi connectivity index (χ1v) is 8.31. The van der Waals surface area contributed by atoms with Gasteiger partial charge in [0.2, 0.25) is 0 Å². The Balaban J connectivity index is 2.23. The molecule has 0 heterocycles. The number of aryl methyl sites for hydroxylation is 1. The standard InChI is InChI=1S/C16H12O8S/c1-7-3-9-10(6-13(7)24-25(20,21)22)16(19)14-11(15(9)18)4-8(23-2)5-12(14)17/h3-6,17H,1-2H3,(H,20,21,22). The smallest absolute Gasteiger partial charge is 0.446 e. The van der Waals surface area contributed by atoms with Gasteiger partial charge in [-0.1, -0.05) is 0 Å². The van der Waals surface area contributed by atoms with Crippen LogP contribution in [-0.4, -0.2) is 36.8 Å². The summed E-state index contributed by atoms with van der Waals surface area (Å²) in [5, 5.41) is 10.1. The van der Waals surface area contributed by atoms with Gasteiger partial charge in [-0.3, -0.25) is 14.1 Å². The molecule has 0 fully saturated rings. The average molecular weight is 364 g/mol.